The van der Waals surface area contributed by atoms with Crippen LogP contribution in [0.5, 0.6) is 0 Å². The standard InChI is InChI=1S/C29H40N4O4/c1-4-37-26(35)29(21-24-15-9-6-10-16-24)18-12-19-32(22-29)27(36)33(31-25(34)28(2,3)30)20-11-17-23-13-7-5-8-14-23/h5-10,13-16H,4,11-12,17-22,30H2,1-3H3,(H,31,34). The smallest absolute Gasteiger partial charge is 0.338 e. The summed E-state index contributed by atoms with van der Waals surface area (Å²) in [5.41, 5.74) is 8.91. The number of carbonyl (C=O) groups is 3. The molecule has 37 heavy (non-hydrogen) atoms. The molecule has 3 N–H and O–H groups in total. The number of amides is 3. The van der Waals surface area contributed by atoms with Gasteiger partial charge in [-0.1, -0.05) is 60.7 Å². The Morgan fingerprint density at radius 3 is 2.27 bits per heavy atom. The SMILES string of the molecule is CCOC(=O)C1(Cc2ccccc2)CCCN(C(=O)N(CCCc2ccccc2)NC(=O)C(C)(C)N)C1. The van der Waals surface area contributed by atoms with E-state index in [4.69, 9.17) is 10.5 Å². The van der Waals surface area contributed by atoms with Crippen LogP contribution in [0, 0.1) is 5.41 Å². The van der Waals surface area contributed by atoms with Crippen LogP contribution >= 0.6 is 0 Å². The van der Waals surface area contributed by atoms with Gasteiger partial charge in [-0.15, -0.1) is 0 Å². The van der Waals surface area contributed by atoms with E-state index in [9.17, 15) is 14.4 Å². The lowest BCUT2D eigenvalue weighted by Gasteiger charge is -2.42. The molecule has 1 heterocycles. The Hall–Kier alpha value is -3.39. The van der Waals surface area contributed by atoms with E-state index in [1.165, 1.54) is 5.01 Å². The van der Waals surface area contributed by atoms with E-state index >= 15 is 0 Å². The fraction of sp³-hybridized carbons (Fsp3) is 0.483. The Morgan fingerprint density at radius 1 is 1.05 bits per heavy atom. The quantitative estimate of drug-likeness (QED) is 0.397. The van der Waals surface area contributed by atoms with Crippen molar-refractivity contribution in [1.29, 1.82) is 0 Å². The van der Waals surface area contributed by atoms with Crippen LogP contribution in [0.2, 0.25) is 0 Å². The summed E-state index contributed by atoms with van der Waals surface area (Å²) in [7, 11) is 0. The summed E-state index contributed by atoms with van der Waals surface area (Å²) in [4.78, 5) is 41.4. The second-order valence-corrected chi connectivity index (χ2v) is 10.4. The number of ether oxygens (including phenoxy) is 1. The zero-order chi connectivity index (χ0) is 26.9. The number of urea groups is 1. The number of nitrogens with zero attached hydrogens (tertiary/aromatic N) is 2. The molecule has 0 aromatic heterocycles. The molecule has 0 bridgehead atoms. The molecular formula is C29H40N4O4. The van der Waals surface area contributed by atoms with Crippen LogP contribution in [-0.2, 0) is 27.2 Å². The van der Waals surface area contributed by atoms with Crippen molar-refractivity contribution >= 4 is 17.9 Å². The Morgan fingerprint density at radius 2 is 1.68 bits per heavy atom. The van der Waals surface area contributed by atoms with E-state index in [0.717, 1.165) is 17.5 Å². The summed E-state index contributed by atoms with van der Waals surface area (Å²) >= 11 is 0. The summed E-state index contributed by atoms with van der Waals surface area (Å²) in [6.07, 6.45) is 3.17. The number of esters is 1. The van der Waals surface area contributed by atoms with E-state index in [1.807, 2.05) is 60.7 Å². The number of hydrogen-bond donors (Lipinski definition) is 2. The highest BCUT2D eigenvalue weighted by Crippen LogP contribution is 2.35. The first-order valence-electron chi connectivity index (χ1n) is 13.1. The monoisotopic (exact) mass is 508 g/mol. The first-order chi connectivity index (χ1) is 17.6. The van der Waals surface area contributed by atoms with E-state index < -0.39 is 16.9 Å². The number of hydrazine groups is 1. The van der Waals surface area contributed by atoms with Gasteiger partial charge >= 0.3 is 12.0 Å². The van der Waals surface area contributed by atoms with Crippen LogP contribution in [0.1, 0.15) is 51.2 Å². The lowest BCUT2D eigenvalue weighted by molar-refractivity contribution is -0.158. The Bertz CT molecular complexity index is 1040. The van der Waals surface area contributed by atoms with Gasteiger partial charge in [-0.2, -0.15) is 0 Å². The minimum atomic E-state index is -1.15. The van der Waals surface area contributed by atoms with E-state index in [0.29, 0.717) is 38.8 Å². The molecule has 1 fully saturated rings. The van der Waals surface area contributed by atoms with Gasteiger partial charge in [0.2, 0.25) is 0 Å². The van der Waals surface area contributed by atoms with Crippen LogP contribution in [-0.4, -0.2) is 59.6 Å². The van der Waals surface area contributed by atoms with Crippen molar-refractivity contribution in [3.63, 3.8) is 0 Å². The van der Waals surface area contributed by atoms with Crippen molar-refractivity contribution in [1.82, 2.24) is 15.3 Å². The molecule has 8 nitrogen and oxygen atoms in total. The van der Waals surface area contributed by atoms with Gasteiger partial charge < -0.3 is 15.4 Å². The van der Waals surface area contributed by atoms with E-state index in [-0.39, 0.29) is 25.2 Å². The van der Waals surface area contributed by atoms with Crippen molar-refractivity contribution in [2.45, 2.75) is 58.4 Å². The summed E-state index contributed by atoms with van der Waals surface area (Å²) < 4.78 is 5.49. The lowest BCUT2D eigenvalue weighted by atomic mass is 9.75. The number of hydrogen-bond acceptors (Lipinski definition) is 5. The maximum absolute atomic E-state index is 13.8. The summed E-state index contributed by atoms with van der Waals surface area (Å²) in [5.74, 6) is -0.738. The predicted octanol–water partition coefficient (Wildman–Crippen LogP) is 3.70. The van der Waals surface area contributed by atoms with Crippen molar-refractivity contribution in [2.75, 3.05) is 26.2 Å². The molecule has 1 atom stereocenters. The highest BCUT2D eigenvalue weighted by molar-refractivity contribution is 5.87. The van der Waals surface area contributed by atoms with Crippen LogP contribution in [0.3, 0.4) is 0 Å². The topological polar surface area (TPSA) is 105 Å². The molecule has 200 valence electrons. The van der Waals surface area contributed by atoms with Crippen molar-refractivity contribution in [3.05, 3.63) is 71.8 Å². The molecular weight excluding hydrogens is 468 g/mol. The van der Waals surface area contributed by atoms with Gasteiger partial charge in [0.05, 0.1) is 17.6 Å². The number of carbonyl (C=O) groups excluding carboxylic acids is 3. The molecule has 1 saturated heterocycles. The average molecular weight is 509 g/mol. The number of piperidine rings is 1. The van der Waals surface area contributed by atoms with Crippen molar-refractivity contribution in [2.24, 2.45) is 11.1 Å². The highest BCUT2D eigenvalue weighted by atomic mass is 16.5. The fourth-order valence-electron chi connectivity index (χ4n) is 4.67. The minimum absolute atomic E-state index is 0.219. The molecule has 3 amide bonds. The third kappa shape index (κ3) is 7.79. The zero-order valence-corrected chi connectivity index (χ0v) is 22.2. The molecule has 1 unspecified atom stereocenters. The Labute approximate surface area is 220 Å². The van der Waals surface area contributed by atoms with Crippen LogP contribution < -0.4 is 11.2 Å². The second-order valence-electron chi connectivity index (χ2n) is 10.4. The maximum Gasteiger partial charge on any atom is 0.338 e. The number of nitrogens with one attached hydrogen (secondary N) is 1. The summed E-state index contributed by atoms with van der Waals surface area (Å²) in [6, 6.07) is 19.5. The average Bonchev–Trinajstić information content (AvgIpc) is 2.88. The minimum Gasteiger partial charge on any atom is -0.466 e. The van der Waals surface area contributed by atoms with Crippen LogP contribution in [0.25, 0.3) is 0 Å². The van der Waals surface area contributed by atoms with Crippen LogP contribution in [0.15, 0.2) is 60.7 Å². The van der Waals surface area contributed by atoms with Crippen molar-refractivity contribution < 1.29 is 19.1 Å². The molecule has 2 aromatic carbocycles. The van der Waals surface area contributed by atoms with Gasteiger partial charge in [0.25, 0.3) is 5.91 Å². The molecule has 1 aliphatic rings. The number of nitrogens with two attached hydrogens (primary N) is 1. The number of rotatable bonds is 9. The van der Waals surface area contributed by atoms with Gasteiger partial charge in [0.1, 0.15) is 0 Å². The maximum atomic E-state index is 13.8. The molecule has 0 radical (unpaired) electrons. The fourth-order valence-corrected chi connectivity index (χ4v) is 4.67. The number of aryl methyl sites for hydroxylation is 1. The predicted molar refractivity (Wildman–Crippen MR) is 143 cm³/mol. The molecule has 1 aliphatic heterocycles. The first-order valence-corrected chi connectivity index (χ1v) is 13.1. The van der Waals surface area contributed by atoms with Crippen molar-refractivity contribution in [3.8, 4) is 0 Å². The van der Waals surface area contributed by atoms with Gasteiger partial charge in [-0.25, -0.2) is 9.80 Å². The largest absolute Gasteiger partial charge is 0.466 e. The first kappa shape index (κ1) is 28.2. The zero-order valence-electron chi connectivity index (χ0n) is 22.2. The molecule has 0 spiro atoms. The molecule has 0 saturated carbocycles. The van der Waals surface area contributed by atoms with Crippen LogP contribution in [0.4, 0.5) is 4.79 Å². The molecule has 2 aromatic rings. The van der Waals surface area contributed by atoms with E-state index in [2.05, 4.69) is 5.43 Å². The summed E-state index contributed by atoms with van der Waals surface area (Å²) in [5, 5.41) is 1.35. The third-order valence-corrected chi connectivity index (χ3v) is 6.68. The van der Waals surface area contributed by atoms with E-state index in [1.54, 1.807) is 25.7 Å². The number of benzene rings is 2. The Kier molecular flexibility index (Phi) is 9.69. The van der Waals surface area contributed by atoms with Gasteiger partial charge in [0, 0.05) is 19.6 Å². The summed E-state index contributed by atoms with van der Waals surface area (Å²) in [6.45, 7) is 6.29. The third-order valence-electron chi connectivity index (χ3n) is 6.68. The van der Waals surface area contributed by atoms with Gasteiger partial charge in [0.15, 0.2) is 0 Å². The number of likely N-dealkylation sites (tertiary alicyclic amines) is 1. The molecule has 8 heteroatoms. The molecule has 3 rings (SSSR count). The van der Waals surface area contributed by atoms with Gasteiger partial charge in [-0.05, 0) is 64.0 Å². The highest BCUT2D eigenvalue weighted by Gasteiger charge is 2.45. The van der Waals surface area contributed by atoms with Gasteiger partial charge in [-0.3, -0.25) is 15.0 Å². The normalized spacial score (nSPS) is 17.7. The second kappa shape index (κ2) is 12.7. The molecule has 0 aliphatic carbocycles. The lowest BCUT2D eigenvalue weighted by Crippen LogP contribution is -2.61. The Balaban J connectivity index is 1.79.